The van der Waals surface area contributed by atoms with Crippen LogP contribution in [-0.2, 0) is 16.1 Å². The minimum atomic E-state index is -1.11. The van der Waals surface area contributed by atoms with Gasteiger partial charge in [-0.1, -0.05) is 12.1 Å². The Kier molecular flexibility index (Phi) is 4.35. The van der Waals surface area contributed by atoms with Gasteiger partial charge < -0.3 is 20.5 Å². The van der Waals surface area contributed by atoms with Crippen LogP contribution in [0.1, 0.15) is 18.4 Å². The van der Waals surface area contributed by atoms with Crippen LogP contribution in [0.2, 0.25) is 0 Å². The van der Waals surface area contributed by atoms with Crippen LogP contribution in [0.4, 0.5) is 5.69 Å². The number of nitrogens with zero attached hydrogens (tertiary/aromatic N) is 1. The molecule has 1 aliphatic carbocycles. The maximum Gasteiger partial charge on any atom is 0.242 e. The van der Waals surface area contributed by atoms with Crippen molar-refractivity contribution in [1.82, 2.24) is 0 Å². The number of carbonyl (C=O) groups excluding carboxylic acids is 2. The van der Waals surface area contributed by atoms with Crippen molar-refractivity contribution < 1.29 is 19.4 Å². The van der Waals surface area contributed by atoms with Gasteiger partial charge in [-0.2, -0.15) is 0 Å². The second-order valence-corrected chi connectivity index (χ2v) is 6.20. The molecule has 2 aromatic rings. The van der Waals surface area contributed by atoms with Crippen molar-refractivity contribution in [1.29, 1.82) is 0 Å². The summed E-state index contributed by atoms with van der Waals surface area (Å²) >= 11 is 0. The second kappa shape index (κ2) is 6.47. The predicted molar refractivity (Wildman–Crippen MR) is 93.2 cm³/mol. The Morgan fingerprint density at radius 2 is 1.72 bits per heavy atom. The van der Waals surface area contributed by atoms with Gasteiger partial charge in [0.25, 0.3) is 0 Å². The zero-order valence-electron chi connectivity index (χ0n) is 13.9. The largest absolute Gasteiger partial charge is 0.508 e. The Hall–Kier alpha value is -3.02. The fourth-order valence-corrected chi connectivity index (χ4v) is 2.78. The number of anilines is 1. The maximum atomic E-state index is 13.0. The fourth-order valence-electron chi connectivity index (χ4n) is 2.78. The first kappa shape index (κ1) is 16.8. The van der Waals surface area contributed by atoms with Crippen molar-refractivity contribution in [2.75, 3.05) is 12.0 Å². The van der Waals surface area contributed by atoms with Gasteiger partial charge in [0, 0.05) is 5.69 Å². The molecule has 0 heterocycles. The van der Waals surface area contributed by atoms with E-state index in [1.165, 1.54) is 12.1 Å². The van der Waals surface area contributed by atoms with Gasteiger partial charge in [-0.15, -0.1) is 0 Å². The van der Waals surface area contributed by atoms with Crippen LogP contribution in [0.3, 0.4) is 0 Å². The van der Waals surface area contributed by atoms with Gasteiger partial charge in [0.1, 0.15) is 16.9 Å². The van der Waals surface area contributed by atoms with Gasteiger partial charge in [0.15, 0.2) is 0 Å². The Morgan fingerprint density at radius 3 is 2.20 bits per heavy atom. The lowest BCUT2D eigenvalue weighted by Crippen LogP contribution is -2.43. The van der Waals surface area contributed by atoms with Gasteiger partial charge in [0.2, 0.25) is 11.8 Å². The van der Waals surface area contributed by atoms with E-state index in [-0.39, 0.29) is 11.7 Å². The number of hydrogen-bond donors (Lipinski definition) is 2. The molecule has 130 valence electrons. The lowest BCUT2D eigenvalue weighted by atomic mass is 10.0. The highest BCUT2D eigenvalue weighted by atomic mass is 16.5. The molecule has 0 aromatic heterocycles. The number of amides is 2. The van der Waals surface area contributed by atoms with E-state index in [0.29, 0.717) is 25.1 Å². The molecule has 25 heavy (non-hydrogen) atoms. The first-order chi connectivity index (χ1) is 12.0. The summed E-state index contributed by atoms with van der Waals surface area (Å²) in [6, 6.07) is 13.7. The number of rotatable bonds is 6. The third kappa shape index (κ3) is 3.28. The molecule has 0 spiro atoms. The van der Waals surface area contributed by atoms with Crippen molar-refractivity contribution >= 4 is 17.5 Å². The summed E-state index contributed by atoms with van der Waals surface area (Å²) in [4.78, 5) is 26.3. The monoisotopic (exact) mass is 340 g/mol. The molecule has 0 unspecified atom stereocenters. The van der Waals surface area contributed by atoms with Crippen LogP contribution >= 0.6 is 0 Å². The lowest BCUT2D eigenvalue weighted by Gasteiger charge is -2.26. The Morgan fingerprint density at radius 1 is 1.12 bits per heavy atom. The van der Waals surface area contributed by atoms with E-state index in [1.807, 2.05) is 24.3 Å². The molecule has 0 aliphatic heterocycles. The molecular weight excluding hydrogens is 320 g/mol. The topological polar surface area (TPSA) is 92.9 Å². The zero-order valence-corrected chi connectivity index (χ0v) is 13.9. The van der Waals surface area contributed by atoms with Crippen LogP contribution in [0.25, 0.3) is 0 Å². The first-order valence-corrected chi connectivity index (χ1v) is 8.00. The van der Waals surface area contributed by atoms with Gasteiger partial charge in [-0.25, -0.2) is 0 Å². The van der Waals surface area contributed by atoms with Gasteiger partial charge >= 0.3 is 0 Å². The predicted octanol–water partition coefficient (Wildman–Crippen LogP) is 2.20. The van der Waals surface area contributed by atoms with E-state index in [9.17, 15) is 14.7 Å². The Bertz CT molecular complexity index is 780. The van der Waals surface area contributed by atoms with E-state index in [4.69, 9.17) is 10.5 Å². The highest BCUT2D eigenvalue weighted by Crippen LogP contribution is 2.47. The number of carbonyl (C=O) groups is 2. The van der Waals surface area contributed by atoms with Crippen LogP contribution < -0.4 is 15.4 Å². The van der Waals surface area contributed by atoms with E-state index >= 15 is 0 Å². The number of methoxy groups -OCH3 is 1. The maximum absolute atomic E-state index is 13.0. The molecule has 2 aromatic carbocycles. The van der Waals surface area contributed by atoms with Crippen molar-refractivity contribution in [3.8, 4) is 11.5 Å². The summed E-state index contributed by atoms with van der Waals surface area (Å²) in [6.45, 7) is 0.294. The van der Waals surface area contributed by atoms with E-state index in [2.05, 4.69) is 0 Å². The van der Waals surface area contributed by atoms with Crippen molar-refractivity contribution in [2.45, 2.75) is 19.4 Å². The van der Waals surface area contributed by atoms with Crippen LogP contribution in [0.15, 0.2) is 48.5 Å². The number of primary amides is 1. The van der Waals surface area contributed by atoms with Gasteiger partial charge in [-0.05, 0) is 54.8 Å². The number of hydrogen-bond acceptors (Lipinski definition) is 4. The number of phenolic OH excluding ortho intramolecular Hbond substituents is 1. The number of ether oxygens (including phenoxy) is 1. The highest BCUT2D eigenvalue weighted by Gasteiger charge is 2.57. The van der Waals surface area contributed by atoms with Crippen molar-refractivity contribution in [3.05, 3.63) is 54.1 Å². The molecule has 6 nitrogen and oxygen atoms in total. The van der Waals surface area contributed by atoms with Crippen molar-refractivity contribution in [2.24, 2.45) is 11.1 Å². The SMILES string of the molecule is COc1ccc(CN(C(=O)C2(C(N)=O)CC2)c2ccc(O)cc2)cc1. The summed E-state index contributed by atoms with van der Waals surface area (Å²) in [6.07, 6.45) is 0.941. The first-order valence-electron chi connectivity index (χ1n) is 8.00. The summed E-state index contributed by atoms with van der Waals surface area (Å²) in [5.41, 5.74) is 5.85. The minimum Gasteiger partial charge on any atom is -0.508 e. The summed E-state index contributed by atoms with van der Waals surface area (Å²) in [5, 5.41) is 9.49. The second-order valence-electron chi connectivity index (χ2n) is 6.20. The summed E-state index contributed by atoms with van der Waals surface area (Å²) < 4.78 is 5.15. The van der Waals surface area contributed by atoms with E-state index in [0.717, 1.165) is 11.3 Å². The molecule has 1 aliphatic rings. The van der Waals surface area contributed by atoms with E-state index < -0.39 is 11.3 Å². The Balaban J connectivity index is 1.92. The molecule has 0 saturated heterocycles. The average Bonchev–Trinajstić information content (AvgIpc) is 3.43. The van der Waals surface area contributed by atoms with Crippen molar-refractivity contribution in [3.63, 3.8) is 0 Å². The molecular formula is C19H20N2O4. The molecule has 0 radical (unpaired) electrons. The van der Waals surface area contributed by atoms with Crippen LogP contribution in [0, 0.1) is 5.41 Å². The molecule has 0 bridgehead atoms. The van der Waals surface area contributed by atoms with Gasteiger partial charge in [-0.3, -0.25) is 9.59 Å². The molecule has 6 heteroatoms. The van der Waals surface area contributed by atoms with Gasteiger partial charge in [0.05, 0.1) is 13.7 Å². The van der Waals surface area contributed by atoms with Crippen LogP contribution in [-0.4, -0.2) is 24.0 Å². The molecule has 3 rings (SSSR count). The standard InChI is InChI=1S/C19H20N2O4/c1-25-16-8-2-13(3-9-16)12-21(14-4-6-15(22)7-5-14)18(24)19(10-11-19)17(20)23/h2-9,22H,10-12H2,1H3,(H2,20,23). The summed E-state index contributed by atoms with van der Waals surface area (Å²) in [7, 11) is 1.59. The lowest BCUT2D eigenvalue weighted by molar-refractivity contribution is -0.133. The number of aromatic hydroxyl groups is 1. The molecule has 3 N–H and O–H groups in total. The number of benzene rings is 2. The Labute approximate surface area is 145 Å². The number of nitrogens with two attached hydrogens (primary N) is 1. The average molecular weight is 340 g/mol. The highest BCUT2D eigenvalue weighted by molar-refractivity contribution is 6.13. The third-order valence-corrected chi connectivity index (χ3v) is 4.54. The normalized spacial score (nSPS) is 14.6. The zero-order chi connectivity index (χ0) is 18.0. The number of phenols is 1. The minimum absolute atomic E-state index is 0.108. The van der Waals surface area contributed by atoms with Crippen LogP contribution in [0.5, 0.6) is 11.5 Å². The molecule has 1 fully saturated rings. The van der Waals surface area contributed by atoms with E-state index in [1.54, 1.807) is 24.1 Å². The molecule has 1 saturated carbocycles. The quantitative estimate of drug-likeness (QED) is 0.789. The summed E-state index contributed by atoms with van der Waals surface area (Å²) in [5.74, 6) is -0.0591. The third-order valence-electron chi connectivity index (χ3n) is 4.54. The smallest absolute Gasteiger partial charge is 0.242 e. The fraction of sp³-hybridized carbons (Fsp3) is 0.263. The molecule has 2 amide bonds. The molecule has 0 atom stereocenters.